The van der Waals surface area contributed by atoms with Crippen LogP contribution in [0.15, 0.2) is 23.3 Å². The van der Waals surface area contributed by atoms with Gasteiger partial charge in [0, 0.05) is 0 Å². The second kappa shape index (κ2) is 5.04. The van der Waals surface area contributed by atoms with Crippen molar-refractivity contribution in [3.05, 3.63) is 34.6 Å². The first-order valence-corrected chi connectivity index (χ1v) is 4.84. The lowest BCUT2D eigenvalue weighted by Crippen LogP contribution is -2.25. The summed E-state index contributed by atoms with van der Waals surface area (Å²) >= 11 is 10.2. The molecule has 0 amide bonds. The summed E-state index contributed by atoms with van der Waals surface area (Å²) < 4.78 is 12.8. The van der Waals surface area contributed by atoms with Gasteiger partial charge in [-0.25, -0.2) is 4.39 Å². The van der Waals surface area contributed by atoms with Crippen LogP contribution in [0.2, 0.25) is 5.02 Å². The molecule has 0 aromatic heterocycles. The molecule has 0 radical (unpaired) electrons. The molecule has 0 aliphatic carbocycles. The van der Waals surface area contributed by atoms with E-state index in [2.05, 4.69) is 22.7 Å². The molecule has 0 aliphatic heterocycles. The fourth-order valence-electron chi connectivity index (χ4n) is 0.925. The zero-order valence-electron chi connectivity index (χ0n) is 7.92. The largest absolute Gasteiger partial charge is 0.375 e. The maximum atomic E-state index is 12.8. The first-order chi connectivity index (χ1) is 7.00. The average Bonchev–Trinajstić information content (AvgIpc) is 2.18. The summed E-state index contributed by atoms with van der Waals surface area (Å²) in [6.45, 7) is 1.73. The molecule has 0 saturated heterocycles. The molecule has 0 atom stereocenters. The van der Waals surface area contributed by atoms with E-state index >= 15 is 0 Å². The van der Waals surface area contributed by atoms with E-state index in [0.29, 0.717) is 11.3 Å². The highest BCUT2D eigenvalue weighted by Gasteiger charge is 2.03. The van der Waals surface area contributed by atoms with Crippen LogP contribution in [-0.2, 0) is 0 Å². The van der Waals surface area contributed by atoms with Crippen molar-refractivity contribution in [2.24, 2.45) is 10.8 Å². The summed E-state index contributed by atoms with van der Waals surface area (Å²) in [4.78, 5) is 0. The van der Waals surface area contributed by atoms with Gasteiger partial charge in [0.05, 0.1) is 10.7 Å². The maximum absolute atomic E-state index is 12.8. The number of nitrogens with zero attached hydrogens (tertiary/aromatic N) is 1. The third-order valence-corrected chi connectivity index (χ3v) is 2.05. The van der Waals surface area contributed by atoms with Crippen molar-refractivity contribution in [1.29, 1.82) is 0 Å². The molecule has 0 spiro atoms. The summed E-state index contributed by atoms with van der Waals surface area (Å²) in [6, 6.07) is 4.33. The van der Waals surface area contributed by atoms with E-state index in [1.165, 1.54) is 12.1 Å². The van der Waals surface area contributed by atoms with Crippen molar-refractivity contribution in [3.63, 3.8) is 0 Å². The lowest BCUT2D eigenvalue weighted by Gasteiger charge is -2.02. The van der Waals surface area contributed by atoms with Crippen molar-refractivity contribution < 1.29 is 4.39 Å². The fraction of sp³-hybridized carbons (Fsp3) is 0.111. The van der Waals surface area contributed by atoms with Gasteiger partial charge in [-0.15, -0.1) is 0 Å². The van der Waals surface area contributed by atoms with E-state index in [4.69, 9.17) is 17.3 Å². The zero-order valence-corrected chi connectivity index (χ0v) is 9.49. The van der Waals surface area contributed by atoms with Crippen LogP contribution in [0, 0.1) is 5.82 Å². The van der Waals surface area contributed by atoms with E-state index in [-0.39, 0.29) is 10.1 Å². The highest BCUT2D eigenvalue weighted by molar-refractivity contribution is 7.80. The van der Waals surface area contributed by atoms with E-state index in [9.17, 15) is 4.39 Å². The number of hydrogen-bond donors (Lipinski definition) is 2. The first kappa shape index (κ1) is 11.9. The maximum Gasteiger partial charge on any atom is 0.184 e. The number of rotatable bonds is 2. The lowest BCUT2D eigenvalue weighted by molar-refractivity contribution is 0.628. The van der Waals surface area contributed by atoms with Crippen LogP contribution in [-0.4, -0.2) is 10.8 Å². The molecule has 0 aliphatic rings. The predicted molar refractivity (Wildman–Crippen MR) is 63.5 cm³/mol. The number of hydrogen-bond acceptors (Lipinski definition) is 2. The third kappa shape index (κ3) is 3.45. The molecule has 0 fully saturated rings. The molecular weight excluding hydrogens is 237 g/mol. The van der Waals surface area contributed by atoms with Crippen LogP contribution in [0.5, 0.6) is 0 Å². The van der Waals surface area contributed by atoms with Crippen LogP contribution in [0.3, 0.4) is 0 Å². The van der Waals surface area contributed by atoms with Gasteiger partial charge in [0.15, 0.2) is 5.11 Å². The summed E-state index contributed by atoms with van der Waals surface area (Å²) in [5, 5.41) is 4.01. The molecule has 0 heterocycles. The molecule has 3 N–H and O–H groups in total. The van der Waals surface area contributed by atoms with Gasteiger partial charge in [-0.05, 0) is 36.8 Å². The standard InChI is InChI=1S/C9H9ClFN3S/c1-5(13-14-9(12)15)6-2-3-8(11)7(10)4-6/h2-4H,1H3,(H3,12,14,15). The summed E-state index contributed by atoms with van der Waals surface area (Å²) in [5.41, 5.74) is 8.95. The second-order valence-corrected chi connectivity index (χ2v) is 3.65. The van der Waals surface area contributed by atoms with Crippen LogP contribution in [0.4, 0.5) is 4.39 Å². The summed E-state index contributed by atoms with van der Waals surface area (Å²) in [5.74, 6) is -0.462. The van der Waals surface area contributed by atoms with Gasteiger partial charge in [0.1, 0.15) is 5.82 Å². The Balaban J connectivity index is 2.91. The van der Waals surface area contributed by atoms with E-state index < -0.39 is 5.82 Å². The molecule has 6 heteroatoms. The van der Waals surface area contributed by atoms with E-state index in [0.717, 1.165) is 0 Å². The third-order valence-electron chi connectivity index (χ3n) is 1.67. The Bertz CT molecular complexity index is 420. The minimum absolute atomic E-state index is 0.0531. The Morgan fingerprint density at radius 1 is 1.60 bits per heavy atom. The molecule has 0 bridgehead atoms. The monoisotopic (exact) mass is 245 g/mol. The molecule has 1 aromatic carbocycles. The molecular formula is C9H9ClFN3S. The zero-order chi connectivity index (χ0) is 11.4. The van der Waals surface area contributed by atoms with Gasteiger partial charge in [-0.2, -0.15) is 5.10 Å². The van der Waals surface area contributed by atoms with Gasteiger partial charge in [0.25, 0.3) is 0 Å². The van der Waals surface area contributed by atoms with E-state index in [1.807, 2.05) is 0 Å². The number of nitrogens with two attached hydrogens (primary N) is 1. The molecule has 15 heavy (non-hydrogen) atoms. The fourth-order valence-corrected chi connectivity index (χ4v) is 1.15. The summed E-state index contributed by atoms with van der Waals surface area (Å²) in [7, 11) is 0. The van der Waals surface area contributed by atoms with Crippen LogP contribution < -0.4 is 11.2 Å². The smallest absolute Gasteiger partial charge is 0.184 e. The lowest BCUT2D eigenvalue weighted by atomic mass is 10.1. The van der Waals surface area contributed by atoms with Crippen molar-refractivity contribution >= 4 is 34.6 Å². The Morgan fingerprint density at radius 3 is 2.80 bits per heavy atom. The SMILES string of the molecule is CC(=NNC(N)=S)c1ccc(F)c(Cl)c1. The molecule has 0 saturated carbocycles. The second-order valence-electron chi connectivity index (χ2n) is 2.80. The normalized spacial score (nSPS) is 11.3. The minimum Gasteiger partial charge on any atom is -0.375 e. The average molecular weight is 246 g/mol. The first-order valence-electron chi connectivity index (χ1n) is 4.06. The molecule has 1 rings (SSSR count). The topological polar surface area (TPSA) is 50.4 Å². The van der Waals surface area contributed by atoms with Crippen LogP contribution >= 0.6 is 23.8 Å². The number of benzene rings is 1. The quantitative estimate of drug-likeness (QED) is 0.476. The number of thiocarbonyl (C=S) groups is 1. The number of halogens is 2. The molecule has 3 nitrogen and oxygen atoms in total. The highest BCUT2D eigenvalue weighted by Crippen LogP contribution is 2.16. The molecule has 80 valence electrons. The highest BCUT2D eigenvalue weighted by atomic mass is 35.5. The van der Waals surface area contributed by atoms with Crippen LogP contribution in [0.25, 0.3) is 0 Å². The van der Waals surface area contributed by atoms with Gasteiger partial charge in [-0.1, -0.05) is 17.7 Å². The van der Waals surface area contributed by atoms with Gasteiger partial charge in [-0.3, -0.25) is 5.43 Å². The van der Waals surface area contributed by atoms with Crippen molar-refractivity contribution in [2.75, 3.05) is 0 Å². The number of nitrogens with one attached hydrogen (secondary N) is 1. The predicted octanol–water partition coefficient (Wildman–Crippen LogP) is 2.04. The van der Waals surface area contributed by atoms with Crippen molar-refractivity contribution in [3.8, 4) is 0 Å². The van der Waals surface area contributed by atoms with Gasteiger partial charge >= 0.3 is 0 Å². The van der Waals surface area contributed by atoms with Crippen molar-refractivity contribution in [2.45, 2.75) is 6.92 Å². The Morgan fingerprint density at radius 2 is 2.27 bits per heavy atom. The minimum atomic E-state index is -0.462. The van der Waals surface area contributed by atoms with Crippen LogP contribution in [0.1, 0.15) is 12.5 Å². The molecule has 1 aromatic rings. The van der Waals surface area contributed by atoms with Crippen molar-refractivity contribution in [1.82, 2.24) is 5.43 Å². The Labute approximate surface area is 97.1 Å². The van der Waals surface area contributed by atoms with E-state index in [1.54, 1.807) is 13.0 Å². The summed E-state index contributed by atoms with van der Waals surface area (Å²) in [6.07, 6.45) is 0. The van der Waals surface area contributed by atoms with Gasteiger partial charge < -0.3 is 5.73 Å². The molecule has 0 unspecified atom stereocenters. The Hall–Kier alpha value is -1.20. The number of hydrazone groups is 1. The Kier molecular flexibility index (Phi) is 3.99. The van der Waals surface area contributed by atoms with Gasteiger partial charge in [0.2, 0.25) is 0 Å².